The summed E-state index contributed by atoms with van der Waals surface area (Å²) >= 11 is 0. The van der Waals surface area contributed by atoms with Gasteiger partial charge in [-0.3, -0.25) is 0 Å². The Kier molecular flexibility index (Phi) is 9.61. The fraction of sp³-hybridized carbons (Fsp3) is 0.667. The van der Waals surface area contributed by atoms with Crippen LogP contribution in [0.25, 0.3) is 0 Å². The Morgan fingerprint density at radius 2 is 1.81 bits per heavy atom. The molecule has 1 N–H and O–H groups in total. The van der Waals surface area contributed by atoms with Crippen LogP contribution in [0.15, 0.2) is 12.2 Å². The number of unbranched alkanes of at least 4 members (excludes halogenated alkanes) is 5. The first-order valence-electron chi connectivity index (χ1n) is 5.66. The van der Waals surface area contributed by atoms with Gasteiger partial charge in [-0.15, -0.1) is 0 Å². The van der Waals surface area contributed by atoms with Gasteiger partial charge < -0.3 is 19.8 Å². The molecule has 0 aliphatic carbocycles. The number of carboxylic acid groups (broad SMARTS) is 1. The minimum atomic E-state index is -0.983. The first kappa shape index (κ1) is 14.8. The molecule has 0 aliphatic rings. The van der Waals surface area contributed by atoms with Crippen LogP contribution in [0.3, 0.4) is 0 Å². The molecule has 0 saturated heterocycles. The smallest absolute Gasteiger partial charge is 0.152 e. The third-order valence-electron chi connectivity index (χ3n) is 2.22. The molecule has 0 heterocycles. The summed E-state index contributed by atoms with van der Waals surface area (Å²) in [6.45, 7) is 0. The fourth-order valence-electron chi connectivity index (χ4n) is 1.34. The minimum absolute atomic E-state index is 0.144. The summed E-state index contributed by atoms with van der Waals surface area (Å²) in [6.07, 6.45) is 8.38. The second-order valence-electron chi connectivity index (χ2n) is 3.73. The number of hydrogen-bond acceptors (Lipinski definition) is 4. The first-order valence-corrected chi connectivity index (χ1v) is 5.66. The van der Waals surface area contributed by atoms with E-state index in [2.05, 4.69) is 0 Å². The van der Waals surface area contributed by atoms with Gasteiger partial charge in [-0.25, -0.2) is 0 Å². The summed E-state index contributed by atoms with van der Waals surface area (Å²) in [4.78, 5) is 20.1. The Labute approximate surface area is 96.0 Å². The highest BCUT2D eigenvalue weighted by Gasteiger charge is 1.93. The van der Waals surface area contributed by atoms with Crippen LogP contribution in [0.1, 0.15) is 44.9 Å². The summed E-state index contributed by atoms with van der Waals surface area (Å²) in [5.74, 6) is -0.981. The average molecular weight is 227 g/mol. The minimum Gasteiger partial charge on any atom is -0.550 e. The normalized spacial score (nSPS) is 12.8. The van der Waals surface area contributed by atoms with Gasteiger partial charge >= 0.3 is 0 Å². The molecular formula is C12H19O4-. The molecule has 0 bridgehead atoms. The molecule has 0 amide bonds. The molecule has 0 radical (unpaired) electrons. The lowest BCUT2D eigenvalue weighted by atomic mass is 10.1. The van der Waals surface area contributed by atoms with Crippen LogP contribution in [0.5, 0.6) is 0 Å². The van der Waals surface area contributed by atoms with Crippen molar-refractivity contribution in [1.29, 1.82) is 0 Å². The highest BCUT2D eigenvalue weighted by Crippen LogP contribution is 2.07. The van der Waals surface area contributed by atoms with E-state index < -0.39 is 12.1 Å². The van der Waals surface area contributed by atoms with E-state index >= 15 is 0 Å². The van der Waals surface area contributed by atoms with E-state index in [4.69, 9.17) is 5.11 Å². The Hall–Kier alpha value is -1.16. The third kappa shape index (κ3) is 10.9. The van der Waals surface area contributed by atoms with Crippen molar-refractivity contribution in [3.05, 3.63) is 12.2 Å². The number of rotatable bonds is 10. The van der Waals surface area contributed by atoms with Gasteiger partial charge in [-0.05, 0) is 25.7 Å². The predicted molar refractivity (Wildman–Crippen MR) is 58.5 cm³/mol. The highest BCUT2D eigenvalue weighted by molar-refractivity contribution is 5.64. The van der Waals surface area contributed by atoms with E-state index in [0.29, 0.717) is 12.7 Å². The maximum Gasteiger partial charge on any atom is 0.152 e. The number of carboxylic acids is 1. The van der Waals surface area contributed by atoms with E-state index in [1.807, 2.05) is 0 Å². The van der Waals surface area contributed by atoms with Crippen LogP contribution in [-0.4, -0.2) is 23.5 Å². The van der Waals surface area contributed by atoms with Crippen LogP contribution in [0, 0.1) is 0 Å². The predicted octanol–water partition coefficient (Wildman–Crippen LogP) is 0.583. The maximum atomic E-state index is 10.1. The molecular weight excluding hydrogens is 208 g/mol. The lowest BCUT2D eigenvalue weighted by Gasteiger charge is -2.01. The molecule has 0 rings (SSSR count). The molecule has 4 heteroatoms. The van der Waals surface area contributed by atoms with Crippen molar-refractivity contribution in [2.75, 3.05) is 0 Å². The van der Waals surface area contributed by atoms with Crippen molar-refractivity contribution < 1.29 is 19.8 Å². The van der Waals surface area contributed by atoms with Crippen LogP contribution >= 0.6 is 0 Å². The SMILES string of the molecule is O=CC(O)/C=C\CCCCCCCC(=O)[O-]. The first-order chi connectivity index (χ1) is 7.66. The number of aliphatic hydroxyl groups is 1. The fourth-order valence-corrected chi connectivity index (χ4v) is 1.34. The van der Waals surface area contributed by atoms with Gasteiger partial charge in [0.05, 0.1) is 0 Å². The molecule has 0 aliphatic heterocycles. The Morgan fingerprint density at radius 1 is 1.19 bits per heavy atom. The molecule has 0 aromatic rings. The molecule has 1 unspecified atom stereocenters. The summed E-state index contributed by atoms with van der Waals surface area (Å²) in [7, 11) is 0. The number of carbonyl (C=O) groups excluding carboxylic acids is 2. The van der Waals surface area contributed by atoms with Crippen molar-refractivity contribution in [2.45, 2.75) is 51.0 Å². The second kappa shape index (κ2) is 10.4. The molecule has 0 aromatic carbocycles. The Morgan fingerprint density at radius 3 is 2.44 bits per heavy atom. The van der Waals surface area contributed by atoms with Crippen molar-refractivity contribution >= 4 is 12.3 Å². The number of allylic oxidation sites excluding steroid dienone is 1. The Bertz CT molecular complexity index is 223. The summed E-state index contributed by atoms with van der Waals surface area (Å²) in [6, 6.07) is 0. The van der Waals surface area contributed by atoms with Crippen molar-refractivity contribution in [1.82, 2.24) is 0 Å². The van der Waals surface area contributed by atoms with Gasteiger partial charge in [0.2, 0.25) is 0 Å². The van der Waals surface area contributed by atoms with Gasteiger partial charge in [-0.1, -0.05) is 31.4 Å². The zero-order valence-corrected chi connectivity index (χ0v) is 9.43. The van der Waals surface area contributed by atoms with Gasteiger partial charge in [0.15, 0.2) is 6.29 Å². The number of aldehydes is 1. The number of aliphatic carboxylic acids is 1. The molecule has 0 aromatic heterocycles. The molecule has 0 saturated carbocycles. The van der Waals surface area contributed by atoms with Crippen LogP contribution in [0.2, 0.25) is 0 Å². The molecule has 0 fully saturated rings. The van der Waals surface area contributed by atoms with Crippen LogP contribution in [0.4, 0.5) is 0 Å². The van der Waals surface area contributed by atoms with Gasteiger partial charge in [0.1, 0.15) is 6.10 Å². The second-order valence-corrected chi connectivity index (χ2v) is 3.73. The van der Waals surface area contributed by atoms with Gasteiger partial charge in [-0.2, -0.15) is 0 Å². The molecule has 92 valence electrons. The van der Waals surface area contributed by atoms with Crippen LogP contribution in [-0.2, 0) is 9.59 Å². The number of hydrogen-bond donors (Lipinski definition) is 1. The van der Waals surface area contributed by atoms with E-state index in [1.54, 1.807) is 6.08 Å². The molecule has 1 atom stereocenters. The number of carbonyl (C=O) groups is 2. The number of aliphatic hydroxyl groups excluding tert-OH is 1. The van der Waals surface area contributed by atoms with E-state index in [-0.39, 0.29) is 6.42 Å². The Balaban J connectivity index is 3.18. The van der Waals surface area contributed by atoms with E-state index in [9.17, 15) is 14.7 Å². The van der Waals surface area contributed by atoms with Crippen LogP contribution < -0.4 is 5.11 Å². The summed E-state index contributed by atoms with van der Waals surface area (Å²) < 4.78 is 0. The summed E-state index contributed by atoms with van der Waals surface area (Å²) in [5.41, 5.74) is 0. The lowest BCUT2D eigenvalue weighted by molar-refractivity contribution is -0.305. The van der Waals surface area contributed by atoms with E-state index in [0.717, 1.165) is 32.1 Å². The molecule has 4 nitrogen and oxygen atoms in total. The van der Waals surface area contributed by atoms with Crippen molar-refractivity contribution in [3.63, 3.8) is 0 Å². The average Bonchev–Trinajstić information content (AvgIpc) is 2.26. The largest absolute Gasteiger partial charge is 0.550 e. The van der Waals surface area contributed by atoms with Gasteiger partial charge in [0.25, 0.3) is 0 Å². The van der Waals surface area contributed by atoms with Crippen molar-refractivity contribution in [3.8, 4) is 0 Å². The standard InChI is InChI=1S/C12H20O4/c13-10-11(14)8-6-4-2-1-3-5-7-9-12(15)16/h6,8,10-11,14H,1-5,7,9H2,(H,15,16)/p-1/b8-6-. The monoisotopic (exact) mass is 227 g/mol. The topological polar surface area (TPSA) is 77.4 Å². The zero-order chi connectivity index (χ0) is 12.2. The van der Waals surface area contributed by atoms with E-state index in [1.165, 1.54) is 6.08 Å². The maximum absolute atomic E-state index is 10.1. The lowest BCUT2D eigenvalue weighted by Crippen LogP contribution is -2.21. The van der Waals surface area contributed by atoms with Gasteiger partial charge in [0, 0.05) is 5.97 Å². The summed E-state index contributed by atoms with van der Waals surface area (Å²) in [5, 5.41) is 19.0. The third-order valence-corrected chi connectivity index (χ3v) is 2.22. The zero-order valence-electron chi connectivity index (χ0n) is 9.43. The highest BCUT2D eigenvalue weighted by atomic mass is 16.4. The molecule has 16 heavy (non-hydrogen) atoms. The quantitative estimate of drug-likeness (QED) is 0.336. The molecule has 0 spiro atoms. The van der Waals surface area contributed by atoms with Crippen molar-refractivity contribution in [2.24, 2.45) is 0 Å².